The first-order valence-corrected chi connectivity index (χ1v) is 11.3. The van der Waals surface area contributed by atoms with Gasteiger partial charge in [0.25, 0.3) is 5.91 Å². The molecular weight excluding hydrogens is 435 g/mol. The predicted octanol–water partition coefficient (Wildman–Crippen LogP) is 2.99. The number of carbonyl (C=O) groups excluding carboxylic acids is 2. The second kappa shape index (κ2) is 9.06. The van der Waals surface area contributed by atoms with Gasteiger partial charge in [-0.1, -0.05) is 6.07 Å². The second-order valence-electron chi connectivity index (χ2n) is 8.84. The third-order valence-electron chi connectivity index (χ3n) is 6.81. The van der Waals surface area contributed by atoms with Crippen molar-refractivity contribution in [1.29, 1.82) is 5.26 Å². The Labute approximate surface area is 195 Å². The van der Waals surface area contributed by atoms with Crippen molar-refractivity contribution in [1.82, 2.24) is 25.2 Å². The number of likely N-dealkylation sites (tertiary alicyclic amines) is 2. The molecule has 3 aromatic rings. The number of aromatic amines is 1. The zero-order valence-electron chi connectivity index (χ0n) is 18.4. The van der Waals surface area contributed by atoms with E-state index in [0.29, 0.717) is 49.1 Å². The fraction of sp³-hybridized carbons (Fsp3) is 0.320. The molecule has 34 heavy (non-hydrogen) atoms. The lowest BCUT2D eigenvalue weighted by atomic mass is 9.92. The topological polar surface area (TPSA) is 106 Å². The van der Waals surface area contributed by atoms with Gasteiger partial charge >= 0.3 is 0 Å². The number of nitrogens with zero attached hydrogens (tertiary/aromatic N) is 5. The van der Waals surface area contributed by atoms with Gasteiger partial charge in [-0.3, -0.25) is 9.59 Å². The van der Waals surface area contributed by atoms with Crippen molar-refractivity contribution < 1.29 is 14.0 Å². The molecule has 5 rings (SSSR count). The molecule has 172 valence electrons. The molecule has 1 aromatic heterocycles. The molecule has 0 bridgehead atoms. The normalized spacial score (nSPS) is 20.4. The van der Waals surface area contributed by atoms with Gasteiger partial charge < -0.3 is 9.80 Å². The number of amides is 2. The molecule has 2 saturated heterocycles. The molecule has 2 amide bonds. The van der Waals surface area contributed by atoms with E-state index in [2.05, 4.69) is 15.4 Å². The summed E-state index contributed by atoms with van der Waals surface area (Å²) in [5.41, 5.74) is 2.52. The number of fused-ring (bicyclic) bond motifs is 2. The van der Waals surface area contributed by atoms with Crippen molar-refractivity contribution in [2.24, 2.45) is 11.8 Å². The van der Waals surface area contributed by atoms with E-state index in [1.165, 1.54) is 24.3 Å². The smallest absolute Gasteiger partial charge is 0.253 e. The van der Waals surface area contributed by atoms with Crippen LogP contribution < -0.4 is 0 Å². The van der Waals surface area contributed by atoms with Gasteiger partial charge in [-0.05, 0) is 61.1 Å². The number of benzene rings is 2. The highest BCUT2D eigenvalue weighted by atomic mass is 19.1. The summed E-state index contributed by atoms with van der Waals surface area (Å²) in [5.74, 6) is 0.00628. The van der Waals surface area contributed by atoms with Gasteiger partial charge in [-0.2, -0.15) is 20.7 Å². The average molecular weight is 458 g/mol. The van der Waals surface area contributed by atoms with Crippen molar-refractivity contribution in [2.45, 2.75) is 12.8 Å². The zero-order chi connectivity index (χ0) is 23.7. The molecule has 9 heteroatoms. The molecule has 1 N–H and O–H groups in total. The van der Waals surface area contributed by atoms with Crippen LogP contribution in [0.4, 0.5) is 4.39 Å². The molecule has 8 nitrogen and oxygen atoms in total. The number of nitrogens with one attached hydrogen (secondary N) is 1. The molecule has 2 aliphatic heterocycles. The van der Waals surface area contributed by atoms with E-state index < -0.39 is 5.82 Å². The summed E-state index contributed by atoms with van der Waals surface area (Å²) in [7, 11) is 0. The van der Waals surface area contributed by atoms with Gasteiger partial charge in [-0.25, -0.2) is 4.39 Å². The van der Waals surface area contributed by atoms with E-state index in [-0.39, 0.29) is 22.9 Å². The molecule has 0 saturated carbocycles. The molecule has 2 fully saturated rings. The van der Waals surface area contributed by atoms with E-state index in [1.54, 1.807) is 23.1 Å². The average Bonchev–Trinajstić information content (AvgIpc) is 3.44. The van der Waals surface area contributed by atoms with Crippen molar-refractivity contribution in [3.8, 4) is 6.07 Å². The SMILES string of the molecule is N#Cc1ccc(C=CC(=O)N2CCC3CN(C(=O)c4ccc5n[nH]nc5c4)CC3CC2)c(F)c1. The van der Waals surface area contributed by atoms with E-state index in [0.717, 1.165) is 24.4 Å². The minimum atomic E-state index is -0.527. The molecule has 2 atom stereocenters. The number of H-pyrrole nitrogens is 1. The maximum atomic E-state index is 14.1. The number of hydrogen-bond donors (Lipinski definition) is 1. The molecule has 0 aliphatic carbocycles. The summed E-state index contributed by atoms with van der Waals surface area (Å²) in [6, 6.07) is 11.4. The second-order valence-corrected chi connectivity index (χ2v) is 8.84. The Kier molecular flexibility index (Phi) is 5.80. The van der Waals surface area contributed by atoms with Gasteiger partial charge in [-0.15, -0.1) is 0 Å². The summed E-state index contributed by atoms with van der Waals surface area (Å²) >= 11 is 0. The van der Waals surface area contributed by atoms with Gasteiger partial charge in [0.15, 0.2) is 0 Å². The Bertz CT molecular complexity index is 1310. The Balaban J connectivity index is 1.19. The van der Waals surface area contributed by atoms with Crippen LogP contribution in [0.5, 0.6) is 0 Å². The largest absolute Gasteiger partial charge is 0.339 e. The van der Waals surface area contributed by atoms with Crippen LogP contribution in [-0.2, 0) is 4.79 Å². The van der Waals surface area contributed by atoms with Crippen molar-refractivity contribution in [3.63, 3.8) is 0 Å². The fourth-order valence-corrected chi connectivity index (χ4v) is 4.89. The fourth-order valence-electron chi connectivity index (χ4n) is 4.89. The maximum absolute atomic E-state index is 14.1. The lowest BCUT2D eigenvalue weighted by Crippen LogP contribution is -2.33. The highest BCUT2D eigenvalue weighted by Crippen LogP contribution is 2.33. The van der Waals surface area contributed by atoms with Crippen LogP contribution >= 0.6 is 0 Å². The summed E-state index contributed by atoms with van der Waals surface area (Å²) < 4.78 is 14.1. The van der Waals surface area contributed by atoms with E-state index in [1.807, 2.05) is 11.0 Å². The summed E-state index contributed by atoms with van der Waals surface area (Å²) in [6.45, 7) is 2.56. The first-order valence-electron chi connectivity index (χ1n) is 11.3. The number of rotatable bonds is 3. The third-order valence-corrected chi connectivity index (χ3v) is 6.81. The number of halogens is 1. The van der Waals surface area contributed by atoms with Crippen LogP contribution in [-0.4, -0.2) is 63.2 Å². The van der Waals surface area contributed by atoms with E-state index in [4.69, 9.17) is 5.26 Å². The Morgan fingerprint density at radius 1 is 1.03 bits per heavy atom. The molecule has 0 radical (unpaired) electrons. The summed E-state index contributed by atoms with van der Waals surface area (Å²) in [5, 5.41) is 19.5. The van der Waals surface area contributed by atoms with Crippen LogP contribution in [0.2, 0.25) is 0 Å². The molecular formula is C25H23FN6O2. The summed E-state index contributed by atoms with van der Waals surface area (Å²) in [4.78, 5) is 29.5. The third kappa shape index (κ3) is 4.27. The molecule has 2 aromatic carbocycles. The quantitative estimate of drug-likeness (QED) is 0.608. The summed E-state index contributed by atoms with van der Waals surface area (Å²) in [6.07, 6.45) is 4.49. The predicted molar refractivity (Wildman–Crippen MR) is 123 cm³/mol. The van der Waals surface area contributed by atoms with Crippen molar-refractivity contribution in [3.05, 3.63) is 65.0 Å². The maximum Gasteiger partial charge on any atom is 0.253 e. The van der Waals surface area contributed by atoms with Crippen molar-refractivity contribution >= 4 is 28.9 Å². The number of hydrogen-bond acceptors (Lipinski definition) is 5. The number of carbonyl (C=O) groups is 2. The van der Waals surface area contributed by atoms with Gasteiger partial charge in [0, 0.05) is 43.4 Å². The van der Waals surface area contributed by atoms with E-state index >= 15 is 0 Å². The van der Waals surface area contributed by atoms with E-state index in [9.17, 15) is 14.0 Å². The monoisotopic (exact) mass is 458 g/mol. The van der Waals surface area contributed by atoms with Crippen LogP contribution in [0.25, 0.3) is 17.1 Å². The first kappa shape index (κ1) is 21.8. The number of aromatic nitrogens is 3. The van der Waals surface area contributed by atoms with Gasteiger partial charge in [0.05, 0.1) is 11.6 Å². The molecule has 2 unspecified atom stereocenters. The van der Waals surface area contributed by atoms with Crippen molar-refractivity contribution in [2.75, 3.05) is 26.2 Å². The Hall–Kier alpha value is -4.06. The molecule has 0 spiro atoms. The van der Waals surface area contributed by atoms with Crippen LogP contribution in [0.3, 0.4) is 0 Å². The lowest BCUT2D eigenvalue weighted by molar-refractivity contribution is -0.126. The lowest BCUT2D eigenvalue weighted by Gasteiger charge is -2.21. The highest BCUT2D eigenvalue weighted by Gasteiger charge is 2.37. The number of nitriles is 1. The van der Waals surface area contributed by atoms with Gasteiger partial charge in [0.2, 0.25) is 5.91 Å². The standard InChI is InChI=1S/C25H23FN6O2/c26-21-11-16(13-27)1-2-17(21)4-6-24(33)31-9-7-19-14-32(15-20(19)8-10-31)25(34)18-3-5-22-23(12-18)29-30-28-22/h1-6,11-12,19-20H,7-10,14-15H2,(H,28,29,30). The molecule has 2 aliphatic rings. The highest BCUT2D eigenvalue weighted by molar-refractivity contribution is 5.97. The minimum absolute atomic E-state index is 0.00159. The first-order chi connectivity index (χ1) is 16.5. The van der Waals surface area contributed by atoms with Gasteiger partial charge in [0.1, 0.15) is 16.9 Å². The minimum Gasteiger partial charge on any atom is -0.339 e. The molecule has 3 heterocycles. The Morgan fingerprint density at radius 3 is 2.47 bits per heavy atom. The zero-order valence-corrected chi connectivity index (χ0v) is 18.4. The van der Waals surface area contributed by atoms with Crippen LogP contribution in [0.15, 0.2) is 42.5 Å². The van der Waals surface area contributed by atoms with Crippen LogP contribution in [0, 0.1) is 29.0 Å². The Morgan fingerprint density at radius 2 is 1.76 bits per heavy atom. The van der Waals surface area contributed by atoms with Crippen LogP contribution in [0.1, 0.15) is 34.3 Å².